The van der Waals surface area contributed by atoms with Gasteiger partial charge in [0.2, 0.25) is 0 Å². The number of para-hydroxylation sites is 2. The highest BCUT2D eigenvalue weighted by Gasteiger charge is 2.27. The van der Waals surface area contributed by atoms with Crippen LogP contribution in [0, 0.1) is 20.2 Å². The Hall–Kier alpha value is -4.15. The number of ketones is 1. The molecule has 26 heavy (non-hydrogen) atoms. The van der Waals surface area contributed by atoms with E-state index in [-0.39, 0.29) is 33.6 Å². The van der Waals surface area contributed by atoms with Crippen molar-refractivity contribution in [1.82, 2.24) is 9.97 Å². The number of non-ortho nitro benzene ring substituents is 2. The third kappa shape index (κ3) is 2.26. The van der Waals surface area contributed by atoms with Gasteiger partial charge in [-0.25, -0.2) is 0 Å². The molecule has 0 radical (unpaired) electrons. The molecule has 0 atom stereocenters. The van der Waals surface area contributed by atoms with Crippen molar-refractivity contribution in [3.05, 3.63) is 68.4 Å². The van der Waals surface area contributed by atoms with Crippen molar-refractivity contribution in [2.75, 3.05) is 0 Å². The van der Waals surface area contributed by atoms with Crippen LogP contribution in [0.25, 0.3) is 22.2 Å². The number of carbonyl (C=O) groups excluding carboxylic acids is 1. The van der Waals surface area contributed by atoms with Crippen LogP contribution < -0.4 is 0 Å². The van der Waals surface area contributed by atoms with E-state index in [4.69, 9.17) is 8.83 Å². The lowest BCUT2D eigenvalue weighted by Gasteiger charge is -1.88. The predicted octanol–water partition coefficient (Wildman–Crippen LogP) is 3.02. The highest BCUT2D eigenvalue weighted by Crippen LogP contribution is 2.29. The Balaban J connectivity index is 1.83. The maximum atomic E-state index is 12.5. The highest BCUT2D eigenvalue weighted by molar-refractivity contribution is 6.05. The van der Waals surface area contributed by atoms with Gasteiger partial charge in [0, 0.05) is 12.1 Å². The second-order valence-corrected chi connectivity index (χ2v) is 5.13. The lowest BCUT2D eigenvalue weighted by atomic mass is 10.3. The second-order valence-electron chi connectivity index (χ2n) is 5.13. The summed E-state index contributed by atoms with van der Waals surface area (Å²) in [4.78, 5) is 40.9. The summed E-state index contributed by atoms with van der Waals surface area (Å²) in [6.45, 7) is 0. The van der Waals surface area contributed by atoms with Crippen LogP contribution in [-0.2, 0) is 0 Å². The molecule has 2 aromatic carbocycles. The number of rotatable bonds is 4. The minimum atomic E-state index is -0.888. The van der Waals surface area contributed by atoms with Crippen molar-refractivity contribution in [3.63, 3.8) is 0 Å². The zero-order valence-corrected chi connectivity index (χ0v) is 12.6. The summed E-state index contributed by atoms with van der Waals surface area (Å²) in [5.41, 5.74) is -0.739. The number of nitro benzene ring substituents is 2. The predicted molar refractivity (Wildman–Crippen MR) is 84.8 cm³/mol. The number of nitro groups is 2. The maximum absolute atomic E-state index is 12.5. The molecule has 0 unspecified atom stereocenters. The Morgan fingerprint density at radius 3 is 1.62 bits per heavy atom. The first-order chi connectivity index (χ1) is 12.5. The quantitative estimate of drug-likeness (QED) is 0.305. The fraction of sp³-hybridized carbons (Fsp3) is 0. The molecule has 0 amide bonds. The number of aromatic nitrogens is 2. The Bertz CT molecular complexity index is 1130. The number of benzene rings is 2. The third-order valence-electron chi connectivity index (χ3n) is 3.58. The maximum Gasteiger partial charge on any atom is 0.302 e. The Labute approximate surface area is 142 Å². The average Bonchev–Trinajstić information content (AvgIpc) is 3.23. The molecule has 0 saturated carbocycles. The van der Waals surface area contributed by atoms with Gasteiger partial charge in [-0.2, -0.15) is 9.97 Å². The van der Waals surface area contributed by atoms with Crippen LogP contribution in [-0.4, -0.2) is 25.6 Å². The molecule has 128 valence electrons. The molecule has 4 rings (SSSR count). The van der Waals surface area contributed by atoms with Gasteiger partial charge in [-0.05, 0) is 12.1 Å². The summed E-state index contributed by atoms with van der Waals surface area (Å²) in [5, 5.41) is 22.1. The molecule has 2 aromatic heterocycles. The Kier molecular flexibility index (Phi) is 3.22. The van der Waals surface area contributed by atoms with Crippen molar-refractivity contribution < 1.29 is 23.5 Å². The molecular formula is C15H6N4O7. The van der Waals surface area contributed by atoms with Gasteiger partial charge >= 0.3 is 5.78 Å². The molecule has 11 heteroatoms. The number of fused-ring (bicyclic) bond motifs is 2. The zero-order valence-electron chi connectivity index (χ0n) is 12.6. The molecule has 0 spiro atoms. The normalized spacial score (nSPS) is 11.1. The first kappa shape index (κ1) is 15.4. The molecule has 0 bridgehead atoms. The summed E-state index contributed by atoms with van der Waals surface area (Å²) < 4.78 is 10.5. The minimum Gasteiger partial charge on any atom is -0.433 e. The molecule has 2 heterocycles. The first-order valence-corrected chi connectivity index (χ1v) is 7.08. The smallest absolute Gasteiger partial charge is 0.302 e. The van der Waals surface area contributed by atoms with Gasteiger partial charge in [0.05, 0.1) is 9.85 Å². The topological polar surface area (TPSA) is 155 Å². The second kappa shape index (κ2) is 5.44. The van der Waals surface area contributed by atoms with Gasteiger partial charge in [0.15, 0.2) is 22.2 Å². The van der Waals surface area contributed by atoms with Crippen molar-refractivity contribution in [2.24, 2.45) is 0 Å². The number of nitrogens with zero attached hydrogens (tertiary/aromatic N) is 4. The van der Waals surface area contributed by atoms with Crippen molar-refractivity contribution in [2.45, 2.75) is 0 Å². The largest absolute Gasteiger partial charge is 0.433 e. The minimum absolute atomic E-state index is 0.0460. The van der Waals surface area contributed by atoms with Crippen LogP contribution in [0.15, 0.2) is 45.2 Å². The first-order valence-electron chi connectivity index (χ1n) is 7.08. The Morgan fingerprint density at radius 2 is 1.23 bits per heavy atom. The number of oxazole rings is 2. The highest BCUT2D eigenvalue weighted by atomic mass is 16.6. The monoisotopic (exact) mass is 354 g/mol. The van der Waals surface area contributed by atoms with E-state index in [1.54, 1.807) is 0 Å². The molecule has 0 aliphatic carbocycles. The van der Waals surface area contributed by atoms with Gasteiger partial charge < -0.3 is 8.83 Å². The lowest BCUT2D eigenvalue weighted by Crippen LogP contribution is -2.02. The molecule has 0 N–H and O–H groups in total. The number of carbonyl (C=O) groups is 1. The van der Waals surface area contributed by atoms with Crippen LogP contribution >= 0.6 is 0 Å². The van der Waals surface area contributed by atoms with Crippen LogP contribution in [0.2, 0.25) is 0 Å². The van der Waals surface area contributed by atoms with Gasteiger partial charge in [-0.3, -0.25) is 25.0 Å². The summed E-state index contributed by atoms with van der Waals surface area (Å²) >= 11 is 0. The van der Waals surface area contributed by atoms with Crippen LogP contribution in [0.5, 0.6) is 0 Å². The summed E-state index contributed by atoms with van der Waals surface area (Å²) in [6, 6.07) is 8.07. The lowest BCUT2D eigenvalue weighted by molar-refractivity contribution is -0.383. The summed E-state index contributed by atoms with van der Waals surface area (Å²) in [7, 11) is 0. The van der Waals surface area contributed by atoms with Crippen LogP contribution in [0.1, 0.15) is 16.6 Å². The molecule has 0 saturated heterocycles. The number of hydrogen-bond acceptors (Lipinski definition) is 9. The van der Waals surface area contributed by atoms with Gasteiger partial charge in [0.1, 0.15) is 0 Å². The fourth-order valence-corrected chi connectivity index (χ4v) is 2.45. The van der Waals surface area contributed by atoms with E-state index in [9.17, 15) is 25.0 Å². The third-order valence-corrected chi connectivity index (χ3v) is 3.58. The van der Waals surface area contributed by atoms with Crippen LogP contribution in [0.3, 0.4) is 0 Å². The van der Waals surface area contributed by atoms with Crippen molar-refractivity contribution >= 4 is 39.4 Å². The van der Waals surface area contributed by atoms with Crippen molar-refractivity contribution in [1.29, 1.82) is 0 Å². The molecule has 0 aliphatic rings. The fourth-order valence-electron chi connectivity index (χ4n) is 2.45. The standard InChI is InChI=1S/C15H6N4O7/c20-13(14-16-11-7(18(21)22)3-1-5-9(11)25-14)15-17-12-8(19(23)24)4-2-6-10(12)26-15/h1-6H. The van der Waals surface area contributed by atoms with E-state index < -0.39 is 27.4 Å². The molecule has 11 nitrogen and oxygen atoms in total. The van der Waals surface area contributed by atoms with Crippen molar-refractivity contribution in [3.8, 4) is 0 Å². The molecular weight excluding hydrogens is 348 g/mol. The van der Waals surface area contributed by atoms with E-state index in [0.29, 0.717) is 0 Å². The SMILES string of the molecule is O=C(c1nc2c([N+](=O)[O-])cccc2o1)c1nc2c([N+](=O)[O-])cccc2o1. The number of hydrogen-bond donors (Lipinski definition) is 0. The molecule has 4 aromatic rings. The van der Waals surface area contributed by atoms with E-state index in [0.717, 1.165) is 0 Å². The Morgan fingerprint density at radius 1 is 0.808 bits per heavy atom. The average molecular weight is 354 g/mol. The van der Waals surface area contributed by atoms with Gasteiger partial charge in [-0.15, -0.1) is 0 Å². The molecule has 0 fully saturated rings. The van der Waals surface area contributed by atoms with E-state index in [1.807, 2.05) is 0 Å². The molecule has 0 aliphatic heterocycles. The zero-order chi connectivity index (χ0) is 18.4. The van der Waals surface area contributed by atoms with E-state index >= 15 is 0 Å². The van der Waals surface area contributed by atoms with E-state index in [1.165, 1.54) is 36.4 Å². The van der Waals surface area contributed by atoms with Gasteiger partial charge in [-0.1, -0.05) is 12.1 Å². The van der Waals surface area contributed by atoms with E-state index in [2.05, 4.69) is 9.97 Å². The summed E-state index contributed by atoms with van der Waals surface area (Å²) in [6.07, 6.45) is 0. The summed E-state index contributed by atoms with van der Waals surface area (Å²) in [5.74, 6) is -1.83. The van der Waals surface area contributed by atoms with Crippen LogP contribution in [0.4, 0.5) is 11.4 Å². The van der Waals surface area contributed by atoms with Gasteiger partial charge in [0.25, 0.3) is 23.2 Å².